The number of hydrogen-bond donors (Lipinski definition) is 1. The predicted molar refractivity (Wildman–Crippen MR) is 63.9 cm³/mol. The van der Waals surface area contributed by atoms with Crippen LogP contribution in [0.5, 0.6) is 0 Å². The molecule has 1 aromatic heterocycles. The molecule has 0 bridgehead atoms. The Labute approximate surface area is 94.0 Å². The Balaban J connectivity index is 2.43. The van der Waals surface area contributed by atoms with Crippen molar-refractivity contribution in [2.45, 2.75) is 20.3 Å². The summed E-state index contributed by atoms with van der Waals surface area (Å²) in [5.74, 6) is 0. The second-order valence-corrected chi connectivity index (χ2v) is 4.86. The highest BCUT2D eigenvalue weighted by Gasteiger charge is 1.96. The third kappa shape index (κ3) is 4.22. The largest absolute Gasteiger partial charge is 0.313 e. The summed E-state index contributed by atoms with van der Waals surface area (Å²) < 4.78 is 0.741. The van der Waals surface area contributed by atoms with Gasteiger partial charge in [-0.3, -0.25) is 0 Å². The molecule has 1 aromatic rings. The van der Waals surface area contributed by atoms with Gasteiger partial charge in [0.15, 0.2) is 0 Å². The first-order valence-electron chi connectivity index (χ1n) is 4.71. The van der Waals surface area contributed by atoms with E-state index in [9.17, 15) is 0 Å². The minimum absolute atomic E-state index is 0.741. The highest BCUT2D eigenvalue weighted by Crippen LogP contribution is 2.20. The van der Waals surface area contributed by atoms with Crippen molar-refractivity contribution in [2.24, 2.45) is 0 Å². The van der Waals surface area contributed by atoms with Gasteiger partial charge >= 0.3 is 0 Å². The molecule has 0 aromatic carbocycles. The van der Waals surface area contributed by atoms with Crippen LogP contribution < -0.4 is 5.32 Å². The van der Waals surface area contributed by atoms with Crippen molar-refractivity contribution >= 4 is 29.0 Å². The number of thiazole rings is 1. The molecule has 4 heteroatoms. The Morgan fingerprint density at radius 3 is 3.07 bits per heavy atom. The summed E-state index contributed by atoms with van der Waals surface area (Å²) in [5, 5.41) is 4.32. The lowest BCUT2D eigenvalue weighted by molar-refractivity contribution is 0.715. The average molecular weight is 231 g/mol. The van der Waals surface area contributed by atoms with Crippen LogP contribution in [0.2, 0.25) is 4.34 Å². The van der Waals surface area contributed by atoms with E-state index in [4.69, 9.17) is 11.6 Å². The normalized spacial score (nSPS) is 12.1. The van der Waals surface area contributed by atoms with E-state index in [-0.39, 0.29) is 0 Å². The topological polar surface area (TPSA) is 24.9 Å². The van der Waals surface area contributed by atoms with Gasteiger partial charge in [0.2, 0.25) is 0 Å². The van der Waals surface area contributed by atoms with E-state index < -0.39 is 0 Å². The van der Waals surface area contributed by atoms with Crippen molar-refractivity contribution in [3.05, 3.63) is 21.1 Å². The fourth-order valence-electron chi connectivity index (χ4n) is 1.06. The van der Waals surface area contributed by atoms with E-state index in [1.54, 1.807) is 6.20 Å². The number of nitrogens with one attached hydrogen (secondary N) is 1. The second-order valence-electron chi connectivity index (χ2n) is 3.17. The Morgan fingerprint density at radius 1 is 1.71 bits per heavy atom. The van der Waals surface area contributed by atoms with Crippen molar-refractivity contribution in [1.82, 2.24) is 10.3 Å². The minimum atomic E-state index is 0.741. The van der Waals surface area contributed by atoms with Crippen LogP contribution in [0.3, 0.4) is 0 Å². The second kappa shape index (κ2) is 6.17. The molecule has 0 saturated heterocycles. The standard InChI is InChI=1S/C10H15ClN2S/c1-3-4-12-6-8(2)5-10-13-7-9(11)14-10/h5,7,12H,3-4,6H2,1-2H3/b8-5+. The van der Waals surface area contributed by atoms with E-state index >= 15 is 0 Å². The molecule has 78 valence electrons. The van der Waals surface area contributed by atoms with Crippen LogP contribution in [0, 0.1) is 0 Å². The zero-order chi connectivity index (χ0) is 10.4. The quantitative estimate of drug-likeness (QED) is 0.786. The van der Waals surface area contributed by atoms with Gasteiger partial charge in [0, 0.05) is 6.54 Å². The van der Waals surface area contributed by atoms with Crippen molar-refractivity contribution < 1.29 is 0 Å². The summed E-state index contributed by atoms with van der Waals surface area (Å²) in [6.07, 6.45) is 4.92. The van der Waals surface area contributed by atoms with E-state index in [0.29, 0.717) is 0 Å². The summed E-state index contributed by atoms with van der Waals surface area (Å²) in [6, 6.07) is 0. The Hall–Kier alpha value is -0.380. The first-order valence-corrected chi connectivity index (χ1v) is 5.91. The van der Waals surface area contributed by atoms with Crippen LogP contribution in [0.15, 0.2) is 11.8 Å². The van der Waals surface area contributed by atoms with E-state index in [1.165, 1.54) is 16.9 Å². The van der Waals surface area contributed by atoms with Crippen LogP contribution in [-0.2, 0) is 0 Å². The molecule has 0 amide bonds. The fourth-order valence-corrected chi connectivity index (χ4v) is 2.01. The molecule has 2 nitrogen and oxygen atoms in total. The molecule has 14 heavy (non-hydrogen) atoms. The molecule has 0 atom stereocenters. The molecule has 0 aliphatic carbocycles. The molecule has 0 aliphatic heterocycles. The number of aromatic nitrogens is 1. The molecule has 0 unspecified atom stereocenters. The fraction of sp³-hybridized carbons (Fsp3) is 0.500. The van der Waals surface area contributed by atoms with Gasteiger partial charge in [0.25, 0.3) is 0 Å². The van der Waals surface area contributed by atoms with Gasteiger partial charge in [-0.25, -0.2) is 4.98 Å². The highest BCUT2D eigenvalue weighted by atomic mass is 35.5. The van der Waals surface area contributed by atoms with Gasteiger partial charge in [-0.2, -0.15) is 0 Å². The van der Waals surface area contributed by atoms with E-state index in [0.717, 1.165) is 28.9 Å². The lowest BCUT2D eigenvalue weighted by Crippen LogP contribution is -2.16. The summed E-state index contributed by atoms with van der Waals surface area (Å²) >= 11 is 7.29. The smallest absolute Gasteiger partial charge is 0.117 e. The van der Waals surface area contributed by atoms with E-state index in [2.05, 4.69) is 30.2 Å². The number of rotatable bonds is 5. The number of halogens is 1. The maximum atomic E-state index is 5.78. The summed E-state index contributed by atoms with van der Waals surface area (Å²) in [6.45, 7) is 6.24. The molecule has 0 radical (unpaired) electrons. The SMILES string of the molecule is CCCNC/C(C)=C/c1ncc(Cl)s1. The Bertz CT molecular complexity index is 307. The van der Waals surface area contributed by atoms with Gasteiger partial charge in [-0.05, 0) is 26.0 Å². The third-order valence-corrected chi connectivity index (χ3v) is 2.76. The molecule has 1 heterocycles. The van der Waals surface area contributed by atoms with E-state index in [1.807, 2.05) is 0 Å². The van der Waals surface area contributed by atoms with Crippen LogP contribution in [0.4, 0.5) is 0 Å². The molecule has 0 spiro atoms. The average Bonchev–Trinajstić information content (AvgIpc) is 2.52. The van der Waals surface area contributed by atoms with Crippen LogP contribution >= 0.6 is 22.9 Å². The van der Waals surface area contributed by atoms with Gasteiger partial charge in [0.05, 0.1) is 6.20 Å². The first-order chi connectivity index (χ1) is 6.72. The summed E-state index contributed by atoms with van der Waals surface area (Å²) in [7, 11) is 0. The monoisotopic (exact) mass is 230 g/mol. The highest BCUT2D eigenvalue weighted by molar-refractivity contribution is 7.16. The lowest BCUT2D eigenvalue weighted by Gasteiger charge is -2.01. The third-order valence-electron chi connectivity index (χ3n) is 1.70. The first kappa shape index (κ1) is 11.7. The van der Waals surface area contributed by atoms with Gasteiger partial charge in [0.1, 0.15) is 9.34 Å². The van der Waals surface area contributed by atoms with Gasteiger partial charge < -0.3 is 5.32 Å². The van der Waals surface area contributed by atoms with Crippen molar-refractivity contribution in [3.8, 4) is 0 Å². The van der Waals surface area contributed by atoms with Crippen LogP contribution in [0.1, 0.15) is 25.3 Å². The van der Waals surface area contributed by atoms with Crippen LogP contribution in [-0.4, -0.2) is 18.1 Å². The molecule has 1 N–H and O–H groups in total. The summed E-state index contributed by atoms with van der Waals surface area (Å²) in [5.41, 5.74) is 1.28. The van der Waals surface area contributed by atoms with Crippen LogP contribution in [0.25, 0.3) is 6.08 Å². The van der Waals surface area contributed by atoms with Crippen molar-refractivity contribution in [3.63, 3.8) is 0 Å². The number of hydrogen-bond acceptors (Lipinski definition) is 3. The lowest BCUT2D eigenvalue weighted by atomic mass is 10.3. The Kier molecular flexibility index (Phi) is 5.15. The Morgan fingerprint density at radius 2 is 2.50 bits per heavy atom. The van der Waals surface area contributed by atoms with Crippen molar-refractivity contribution in [2.75, 3.05) is 13.1 Å². The molecule has 0 aliphatic rings. The van der Waals surface area contributed by atoms with Gasteiger partial charge in [-0.15, -0.1) is 11.3 Å². The van der Waals surface area contributed by atoms with Gasteiger partial charge in [-0.1, -0.05) is 24.1 Å². The minimum Gasteiger partial charge on any atom is -0.313 e. The molecule has 1 rings (SSSR count). The molecule has 0 saturated carbocycles. The molecular formula is C10H15ClN2S. The predicted octanol–water partition coefficient (Wildman–Crippen LogP) is 3.20. The number of nitrogens with zero attached hydrogens (tertiary/aromatic N) is 1. The zero-order valence-electron chi connectivity index (χ0n) is 8.51. The molecule has 0 fully saturated rings. The maximum Gasteiger partial charge on any atom is 0.117 e. The molecular weight excluding hydrogens is 216 g/mol. The zero-order valence-corrected chi connectivity index (χ0v) is 10.1. The summed E-state index contributed by atoms with van der Waals surface area (Å²) in [4.78, 5) is 4.17. The maximum absolute atomic E-state index is 5.78. The van der Waals surface area contributed by atoms with Crippen molar-refractivity contribution in [1.29, 1.82) is 0 Å².